The van der Waals surface area contributed by atoms with Crippen molar-refractivity contribution < 1.29 is 22.8 Å². The fourth-order valence-corrected chi connectivity index (χ4v) is 1.88. The van der Waals surface area contributed by atoms with Gasteiger partial charge in [0.2, 0.25) is 0 Å². The number of benzene rings is 2. The summed E-state index contributed by atoms with van der Waals surface area (Å²) in [5, 5.41) is 6.00. The highest BCUT2D eigenvalue weighted by atomic mass is 19.4. The lowest BCUT2D eigenvalue weighted by Crippen LogP contribution is -2.41. The molecular weight excluding hydrogens is 297 g/mol. The third-order valence-corrected chi connectivity index (χ3v) is 2.97. The molecule has 0 heterocycles. The molecule has 2 N–H and O–H groups in total. The number of alkyl halides is 3. The maximum atomic E-state index is 11.9. The lowest BCUT2D eigenvalue weighted by atomic mass is 10.1. The van der Waals surface area contributed by atoms with E-state index >= 15 is 0 Å². The topological polar surface area (TPSA) is 58.2 Å². The molecule has 0 fully saturated rings. The normalized spacial score (nSPS) is 11.2. The zero-order valence-electron chi connectivity index (χ0n) is 11.4. The third kappa shape index (κ3) is 3.97. The number of rotatable bonds is 4. The smallest absolute Gasteiger partial charge is 0.350 e. The molecule has 0 aliphatic carbocycles. The van der Waals surface area contributed by atoms with Crippen LogP contribution >= 0.6 is 0 Å². The van der Waals surface area contributed by atoms with Crippen LogP contribution in [0.2, 0.25) is 0 Å². The van der Waals surface area contributed by atoms with Gasteiger partial charge in [0.1, 0.15) is 0 Å². The average molecular weight is 310 g/mol. The molecule has 2 amide bonds. The fraction of sp³-hybridized carbons (Fsp3) is 0.200. The highest BCUT2D eigenvalue weighted by Crippen LogP contribution is 2.15. The van der Waals surface area contributed by atoms with Crippen LogP contribution in [0.4, 0.5) is 13.2 Å². The molecule has 2 aromatic rings. The number of amides is 2. The molecule has 116 valence electrons. The fourth-order valence-electron chi connectivity index (χ4n) is 1.88. The van der Waals surface area contributed by atoms with Crippen LogP contribution in [-0.4, -0.2) is 31.1 Å². The zero-order chi connectivity index (χ0) is 16.2. The van der Waals surface area contributed by atoms with E-state index in [2.05, 4.69) is 5.32 Å². The second kappa shape index (κ2) is 6.46. The number of nitrogens with one attached hydrogen (secondary N) is 2. The van der Waals surface area contributed by atoms with Gasteiger partial charge in [-0.2, -0.15) is 13.2 Å². The van der Waals surface area contributed by atoms with E-state index in [-0.39, 0.29) is 13.1 Å². The van der Waals surface area contributed by atoms with Crippen LogP contribution in [0.3, 0.4) is 0 Å². The van der Waals surface area contributed by atoms with Crippen molar-refractivity contribution in [1.82, 2.24) is 10.6 Å². The van der Waals surface area contributed by atoms with Gasteiger partial charge < -0.3 is 10.6 Å². The van der Waals surface area contributed by atoms with E-state index in [0.29, 0.717) is 5.56 Å². The molecular formula is C15H13F3N2O2. The van der Waals surface area contributed by atoms with Crippen LogP contribution < -0.4 is 10.6 Å². The van der Waals surface area contributed by atoms with Gasteiger partial charge in [0.05, 0.1) is 0 Å². The van der Waals surface area contributed by atoms with E-state index < -0.39 is 18.0 Å². The minimum absolute atomic E-state index is 0.0898. The van der Waals surface area contributed by atoms with E-state index in [1.807, 2.05) is 24.3 Å². The Hall–Kier alpha value is -2.57. The number of halogens is 3. The van der Waals surface area contributed by atoms with Crippen LogP contribution in [0.1, 0.15) is 10.4 Å². The molecule has 0 radical (unpaired) electrons. The van der Waals surface area contributed by atoms with Gasteiger partial charge in [0, 0.05) is 18.7 Å². The summed E-state index contributed by atoms with van der Waals surface area (Å²) in [5.74, 6) is -2.43. The van der Waals surface area contributed by atoms with E-state index in [1.165, 1.54) is 0 Å². The first-order valence-electron chi connectivity index (χ1n) is 6.50. The summed E-state index contributed by atoms with van der Waals surface area (Å²) in [5.41, 5.74) is 0.404. The lowest BCUT2D eigenvalue weighted by molar-refractivity contribution is -0.173. The second-order valence-corrected chi connectivity index (χ2v) is 4.57. The highest BCUT2D eigenvalue weighted by molar-refractivity contribution is 5.98. The van der Waals surface area contributed by atoms with Crippen molar-refractivity contribution in [1.29, 1.82) is 0 Å². The maximum Gasteiger partial charge on any atom is 0.471 e. The van der Waals surface area contributed by atoms with E-state index in [1.54, 1.807) is 23.5 Å². The molecule has 2 aromatic carbocycles. The molecule has 0 aliphatic rings. The molecule has 0 saturated heterocycles. The van der Waals surface area contributed by atoms with Gasteiger partial charge in [0.25, 0.3) is 5.91 Å². The van der Waals surface area contributed by atoms with Gasteiger partial charge in [-0.05, 0) is 22.9 Å². The summed E-state index contributed by atoms with van der Waals surface area (Å²) in [6, 6.07) is 12.6. The summed E-state index contributed by atoms with van der Waals surface area (Å²) >= 11 is 0. The summed E-state index contributed by atoms with van der Waals surface area (Å²) in [6.45, 7) is -0.384. The second-order valence-electron chi connectivity index (χ2n) is 4.57. The molecule has 0 aliphatic heterocycles. The van der Waals surface area contributed by atoms with E-state index in [9.17, 15) is 22.8 Å². The van der Waals surface area contributed by atoms with Crippen LogP contribution in [-0.2, 0) is 4.79 Å². The van der Waals surface area contributed by atoms with E-state index in [4.69, 9.17) is 0 Å². The average Bonchev–Trinajstić information content (AvgIpc) is 2.49. The van der Waals surface area contributed by atoms with Crippen LogP contribution in [0.5, 0.6) is 0 Å². The Kier molecular flexibility index (Phi) is 4.65. The van der Waals surface area contributed by atoms with Crippen molar-refractivity contribution in [3.63, 3.8) is 0 Å². The minimum Gasteiger partial charge on any atom is -0.350 e. The highest BCUT2D eigenvalue weighted by Gasteiger charge is 2.38. The van der Waals surface area contributed by atoms with E-state index in [0.717, 1.165) is 10.8 Å². The number of hydrogen-bond acceptors (Lipinski definition) is 2. The minimum atomic E-state index is -4.91. The first-order valence-corrected chi connectivity index (χ1v) is 6.50. The van der Waals surface area contributed by atoms with Crippen molar-refractivity contribution in [3.05, 3.63) is 48.0 Å². The van der Waals surface area contributed by atoms with Crippen LogP contribution in [0.25, 0.3) is 10.8 Å². The predicted molar refractivity (Wildman–Crippen MR) is 75.3 cm³/mol. The van der Waals surface area contributed by atoms with Gasteiger partial charge in [-0.1, -0.05) is 30.3 Å². The van der Waals surface area contributed by atoms with Crippen molar-refractivity contribution in [2.75, 3.05) is 13.1 Å². The summed E-state index contributed by atoms with van der Waals surface area (Å²) < 4.78 is 35.8. The standard InChI is InChI=1S/C15H13F3N2O2/c16-15(17,18)14(22)20-8-7-19-13(21)12-6-5-10-3-1-2-4-11(10)9-12/h1-6,9H,7-8H2,(H,19,21)(H,20,22). The Labute approximate surface area is 124 Å². The van der Waals surface area contributed by atoms with Gasteiger partial charge in [-0.15, -0.1) is 0 Å². The van der Waals surface area contributed by atoms with Crippen LogP contribution in [0, 0.1) is 0 Å². The van der Waals surface area contributed by atoms with Crippen molar-refractivity contribution in [3.8, 4) is 0 Å². The van der Waals surface area contributed by atoms with Crippen molar-refractivity contribution in [2.24, 2.45) is 0 Å². The van der Waals surface area contributed by atoms with Gasteiger partial charge in [-0.3, -0.25) is 9.59 Å². The lowest BCUT2D eigenvalue weighted by Gasteiger charge is -2.09. The number of fused-ring (bicyclic) bond motifs is 1. The number of hydrogen-bond donors (Lipinski definition) is 2. The monoisotopic (exact) mass is 310 g/mol. The molecule has 0 bridgehead atoms. The van der Waals surface area contributed by atoms with Crippen LogP contribution in [0.15, 0.2) is 42.5 Å². The van der Waals surface area contributed by atoms with Crippen molar-refractivity contribution in [2.45, 2.75) is 6.18 Å². The van der Waals surface area contributed by atoms with Crippen molar-refractivity contribution >= 4 is 22.6 Å². The summed E-state index contributed by atoms with van der Waals surface area (Å²) in [7, 11) is 0. The molecule has 2 rings (SSSR count). The number of carbonyl (C=O) groups excluding carboxylic acids is 2. The molecule has 22 heavy (non-hydrogen) atoms. The summed E-state index contributed by atoms with van der Waals surface area (Å²) in [6.07, 6.45) is -4.91. The van der Waals surface area contributed by atoms with Gasteiger partial charge >= 0.3 is 12.1 Å². The zero-order valence-corrected chi connectivity index (χ0v) is 11.4. The van der Waals surface area contributed by atoms with Gasteiger partial charge in [0.15, 0.2) is 0 Å². The molecule has 0 spiro atoms. The molecule has 0 aromatic heterocycles. The maximum absolute atomic E-state index is 11.9. The Morgan fingerprint density at radius 3 is 2.23 bits per heavy atom. The SMILES string of the molecule is O=C(NCCNC(=O)C(F)(F)F)c1ccc2ccccc2c1. The Morgan fingerprint density at radius 1 is 0.909 bits per heavy atom. The predicted octanol–water partition coefficient (Wildman–Crippen LogP) is 2.25. The molecule has 0 unspecified atom stereocenters. The summed E-state index contributed by atoms with van der Waals surface area (Å²) in [4.78, 5) is 22.5. The third-order valence-electron chi connectivity index (χ3n) is 2.97. The first-order chi connectivity index (χ1) is 10.4. The number of carbonyl (C=O) groups is 2. The Bertz CT molecular complexity index is 698. The first kappa shape index (κ1) is 15.8. The Balaban J connectivity index is 1.88. The molecule has 7 heteroatoms. The molecule has 0 saturated carbocycles. The molecule has 0 atom stereocenters. The Morgan fingerprint density at radius 2 is 1.55 bits per heavy atom. The van der Waals surface area contributed by atoms with Gasteiger partial charge in [-0.25, -0.2) is 0 Å². The molecule has 4 nitrogen and oxygen atoms in total. The largest absolute Gasteiger partial charge is 0.471 e. The quantitative estimate of drug-likeness (QED) is 0.851.